The molecule has 0 atom stereocenters. The number of β-amino-alcohol motifs (C(OH)–C–C–N with tert-alkyl or cyclic N) is 1. The molecule has 2 aliphatic heterocycles. The lowest BCUT2D eigenvalue weighted by atomic mass is 9.91. The first kappa shape index (κ1) is 17.9. The second kappa shape index (κ2) is 7.60. The molecule has 3 heterocycles. The van der Waals surface area contributed by atoms with Crippen LogP contribution in [0.15, 0.2) is 29.6 Å². The lowest BCUT2D eigenvalue weighted by molar-refractivity contribution is -0.0440. The molecule has 1 aromatic carbocycles. The topological polar surface area (TPSA) is 48.8 Å². The van der Waals surface area contributed by atoms with Gasteiger partial charge in [-0.1, -0.05) is 0 Å². The summed E-state index contributed by atoms with van der Waals surface area (Å²) in [5, 5.41) is 13.9. The van der Waals surface area contributed by atoms with Crippen molar-refractivity contribution in [3.63, 3.8) is 0 Å². The molecule has 4 rings (SSSR count). The van der Waals surface area contributed by atoms with Crippen LogP contribution in [0.4, 0.5) is 9.52 Å². The zero-order valence-corrected chi connectivity index (χ0v) is 15.6. The van der Waals surface area contributed by atoms with E-state index in [0.29, 0.717) is 0 Å². The Kier molecular flexibility index (Phi) is 5.22. The van der Waals surface area contributed by atoms with Gasteiger partial charge < -0.3 is 14.7 Å². The van der Waals surface area contributed by atoms with Crippen LogP contribution in [-0.4, -0.2) is 66.5 Å². The van der Waals surface area contributed by atoms with E-state index in [9.17, 15) is 9.50 Å². The number of benzene rings is 1. The fraction of sp³-hybridized carbons (Fsp3) is 0.526. The summed E-state index contributed by atoms with van der Waals surface area (Å²) in [6.45, 7) is 5.65. The molecule has 0 saturated carbocycles. The molecule has 140 valence electrons. The Bertz CT molecular complexity index is 723. The van der Waals surface area contributed by atoms with Gasteiger partial charge in [0.2, 0.25) is 0 Å². The van der Waals surface area contributed by atoms with Crippen molar-refractivity contribution in [1.29, 1.82) is 0 Å². The van der Waals surface area contributed by atoms with Crippen LogP contribution in [0.5, 0.6) is 0 Å². The van der Waals surface area contributed by atoms with Crippen molar-refractivity contribution in [3.8, 4) is 11.3 Å². The van der Waals surface area contributed by atoms with E-state index >= 15 is 0 Å². The first-order valence-electron chi connectivity index (χ1n) is 9.10. The minimum Gasteiger partial charge on any atom is -0.388 e. The van der Waals surface area contributed by atoms with E-state index in [2.05, 4.69) is 9.80 Å². The number of aromatic nitrogens is 1. The minimum atomic E-state index is -0.620. The van der Waals surface area contributed by atoms with Crippen LogP contribution < -0.4 is 4.90 Å². The predicted molar refractivity (Wildman–Crippen MR) is 101 cm³/mol. The summed E-state index contributed by atoms with van der Waals surface area (Å²) in [5.41, 5.74) is 1.18. The molecule has 2 aliphatic rings. The second-order valence-corrected chi connectivity index (χ2v) is 7.96. The van der Waals surface area contributed by atoms with Gasteiger partial charge in [0.15, 0.2) is 5.13 Å². The number of ether oxygens (including phenoxy) is 1. The zero-order chi connectivity index (χ0) is 18.0. The molecule has 1 N–H and O–H groups in total. The average molecular weight is 377 g/mol. The third kappa shape index (κ3) is 4.06. The van der Waals surface area contributed by atoms with Crippen molar-refractivity contribution in [2.75, 3.05) is 50.8 Å². The van der Waals surface area contributed by atoms with Crippen LogP contribution in [0, 0.1) is 5.82 Å². The van der Waals surface area contributed by atoms with Crippen molar-refractivity contribution >= 4 is 16.5 Å². The van der Waals surface area contributed by atoms with Crippen molar-refractivity contribution in [2.24, 2.45) is 0 Å². The highest BCUT2D eigenvalue weighted by molar-refractivity contribution is 7.14. The molecule has 26 heavy (non-hydrogen) atoms. The second-order valence-electron chi connectivity index (χ2n) is 7.12. The van der Waals surface area contributed by atoms with E-state index in [1.807, 2.05) is 5.38 Å². The van der Waals surface area contributed by atoms with E-state index in [4.69, 9.17) is 9.72 Å². The lowest BCUT2D eigenvalue weighted by Crippen LogP contribution is -2.53. The lowest BCUT2D eigenvalue weighted by Gasteiger charge is -2.41. The molecule has 2 saturated heterocycles. The first-order chi connectivity index (χ1) is 12.6. The molecule has 2 fully saturated rings. The van der Waals surface area contributed by atoms with Crippen LogP contribution >= 0.6 is 11.3 Å². The molecule has 0 aliphatic carbocycles. The zero-order valence-electron chi connectivity index (χ0n) is 14.7. The van der Waals surface area contributed by atoms with Crippen LogP contribution in [0.2, 0.25) is 0 Å². The van der Waals surface area contributed by atoms with Crippen molar-refractivity contribution in [3.05, 3.63) is 35.5 Å². The highest BCUT2D eigenvalue weighted by Gasteiger charge is 2.35. The van der Waals surface area contributed by atoms with Crippen molar-refractivity contribution in [2.45, 2.75) is 18.4 Å². The molecular weight excluding hydrogens is 353 g/mol. The summed E-state index contributed by atoms with van der Waals surface area (Å²) in [7, 11) is 0. The van der Waals surface area contributed by atoms with Gasteiger partial charge in [0.25, 0.3) is 0 Å². The number of thiazole rings is 1. The Morgan fingerprint density at radius 1 is 1.12 bits per heavy atom. The summed E-state index contributed by atoms with van der Waals surface area (Å²) in [5.74, 6) is -0.236. The SMILES string of the molecule is OC1(CN2CCOCC2)CCN(c2nc(-c3ccc(F)cc3)cs2)CC1. The Balaban J connectivity index is 1.36. The van der Waals surface area contributed by atoms with Gasteiger partial charge >= 0.3 is 0 Å². The Morgan fingerprint density at radius 2 is 1.81 bits per heavy atom. The highest BCUT2D eigenvalue weighted by Crippen LogP contribution is 2.32. The monoisotopic (exact) mass is 377 g/mol. The van der Waals surface area contributed by atoms with Crippen LogP contribution in [0.3, 0.4) is 0 Å². The fourth-order valence-electron chi connectivity index (χ4n) is 3.61. The van der Waals surface area contributed by atoms with Crippen LogP contribution in [-0.2, 0) is 4.74 Å². The molecule has 0 unspecified atom stereocenters. The van der Waals surface area contributed by atoms with Crippen molar-refractivity contribution in [1.82, 2.24) is 9.88 Å². The van der Waals surface area contributed by atoms with Gasteiger partial charge in [-0.2, -0.15) is 0 Å². The van der Waals surface area contributed by atoms with E-state index in [0.717, 1.165) is 75.2 Å². The molecule has 0 bridgehead atoms. The molecule has 7 heteroatoms. The maximum Gasteiger partial charge on any atom is 0.185 e. The van der Waals surface area contributed by atoms with Gasteiger partial charge in [-0.25, -0.2) is 9.37 Å². The number of halogens is 1. The van der Waals surface area contributed by atoms with E-state index in [1.165, 1.54) is 12.1 Å². The molecule has 0 spiro atoms. The number of nitrogens with zero attached hydrogens (tertiary/aromatic N) is 3. The maximum atomic E-state index is 13.1. The van der Waals surface area contributed by atoms with Gasteiger partial charge in [0.05, 0.1) is 24.5 Å². The Hall–Kier alpha value is -1.54. The summed E-state index contributed by atoms with van der Waals surface area (Å²) in [6.07, 6.45) is 1.49. The number of piperidine rings is 1. The first-order valence-corrected chi connectivity index (χ1v) is 9.98. The molecule has 1 aromatic heterocycles. The third-order valence-electron chi connectivity index (χ3n) is 5.22. The van der Waals surface area contributed by atoms with Crippen LogP contribution in [0.25, 0.3) is 11.3 Å². The molecule has 5 nitrogen and oxygen atoms in total. The van der Waals surface area contributed by atoms with Gasteiger partial charge in [0.1, 0.15) is 5.82 Å². The molecule has 0 amide bonds. The Morgan fingerprint density at radius 3 is 2.50 bits per heavy atom. The normalized spacial score (nSPS) is 21.1. The number of aliphatic hydroxyl groups is 1. The highest BCUT2D eigenvalue weighted by atomic mass is 32.1. The number of rotatable bonds is 4. The fourth-order valence-corrected chi connectivity index (χ4v) is 4.50. The smallest absolute Gasteiger partial charge is 0.185 e. The summed E-state index contributed by atoms with van der Waals surface area (Å²) in [6, 6.07) is 6.43. The Labute approximate surface area is 157 Å². The van der Waals surface area contributed by atoms with E-state index < -0.39 is 5.60 Å². The predicted octanol–water partition coefficient (Wildman–Crippen LogP) is 2.61. The summed E-state index contributed by atoms with van der Waals surface area (Å²) in [4.78, 5) is 9.25. The quantitative estimate of drug-likeness (QED) is 0.888. The van der Waals surface area contributed by atoms with E-state index in [1.54, 1.807) is 23.5 Å². The minimum absolute atomic E-state index is 0.236. The van der Waals surface area contributed by atoms with Gasteiger partial charge in [-0.05, 0) is 37.1 Å². The van der Waals surface area contributed by atoms with Crippen molar-refractivity contribution < 1.29 is 14.2 Å². The number of hydrogen-bond donors (Lipinski definition) is 1. The van der Waals surface area contributed by atoms with Crippen LogP contribution in [0.1, 0.15) is 12.8 Å². The molecular formula is C19H24FN3O2S. The molecule has 0 radical (unpaired) electrons. The number of hydrogen-bond acceptors (Lipinski definition) is 6. The third-order valence-corrected chi connectivity index (χ3v) is 6.12. The largest absolute Gasteiger partial charge is 0.388 e. The summed E-state index contributed by atoms with van der Waals surface area (Å²) >= 11 is 1.60. The van der Waals surface area contributed by atoms with Gasteiger partial charge in [-0.15, -0.1) is 11.3 Å². The maximum absolute atomic E-state index is 13.1. The number of anilines is 1. The standard InChI is InChI=1S/C19H24FN3O2S/c20-16-3-1-15(2-4-16)17-13-26-18(21-17)23-7-5-19(24,6-8-23)14-22-9-11-25-12-10-22/h1-4,13,24H,5-12,14H2. The number of morpholine rings is 1. The van der Waals surface area contributed by atoms with Gasteiger partial charge in [-0.3, -0.25) is 4.90 Å². The molecule has 2 aromatic rings. The van der Waals surface area contributed by atoms with Gasteiger partial charge in [0, 0.05) is 43.7 Å². The van der Waals surface area contributed by atoms with E-state index in [-0.39, 0.29) is 5.82 Å². The summed E-state index contributed by atoms with van der Waals surface area (Å²) < 4.78 is 18.5. The average Bonchev–Trinajstić information content (AvgIpc) is 3.13.